The third-order valence-corrected chi connectivity index (χ3v) is 6.50. The van der Waals surface area contributed by atoms with Gasteiger partial charge in [-0.05, 0) is 56.7 Å². The molecule has 2 heterocycles. The Kier molecular flexibility index (Phi) is 5.96. The number of nitrogens with zero attached hydrogens (tertiary/aromatic N) is 4. The molecule has 2 aromatic carbocycles. The number of aromatic nitrogens is 4. The summed E-state index contributed by atoms with van der Waals surface area (Å²) in [6, 6.07) is 18.8. The molecule has 0 bridgehead atoms. The van der Waals surface area contributed by atoms with Crippen LogP contribution in [0.2, 0.25) is 0 Å². The van der Waals surface area contributed by atoms with Crippen LogP contribution in [0.4, 0.5) is 17.6 Å². The summed E-state index contributed by atoms with van der Waals surface area (Å²) in [5, 5.41) is 17.0. The zero-order valence-corrected chi connectivity index (χ0v) is 19.1. The number of para-hydroxylation sites is 1. The van der Waals surface area contributed by atoms with E-state index < -0.39 is 0 Å². The van der Waals surface area contributed by atoms with Crippen LogP contribution in [0.15, 0.2) is 60.8 Å². The molecule has 7 nitrogen and oxygen atoms in total. The normalized spacial score (nSPS) is 19.4. The second-order valence-electron chi connectivity index (χ2n) is 8.89. The summed E-state index contributed by atoms with van der Waals surface area (Å²) >= 11 is 0. The van der Waals surface area contributed by atoms with Crippen LogP contribution in [0.25, 0.3) is 11.2 Å². The number of rotatable bonds is 6. The zero-order valence-electron chi connectivity index (χ0n) is 19.1. The van der Waals surface area contributed by atoms with Gasteiger partial charge >= 0.3 is 0 Å². The summed E-state index contributed by atoms with van der Waals surface area (Å²) in [7, 11) is 0. The highest BCUT2D eigenvalue weighted by atomic mass is 16.3. The lowest BCUT2D eigenvalue weighted by Gasteiger charge is -2.28. The third-order valence-electron chi connectivity index (χ3n) is 6.50. The molecule has 0 radical (unpaired) electrons. The van der Waals surface area contributed by atoms with Crippen molar-refractivity contribution in [3.8, 4) is 0 Å². The smallest absolute Gasteiger partial charge is 0.225 e. The molecule has 1 fully saturated rings. The average molecular weight is 443 g/mol. The second kappa shape index (κ2) is 9.19. The van der Waals surface area contributed by atoms with E-state index in [0.717, 1.165) is 54.0 Å². The summed E-state index contributed by atoms with van der Waals surface area (Å²) in [5.41, 5.74) is 4.92. The fourth-order valence-corrected chi connectivity index (χ4v) is 4.56. The molecule has 2 aromatic heterocycles. The highest BCUT2D eigenvalue weighted by molar-refractivity contribution is 5.77. The number of fused-ring (bicyclic) bond motifs is 1. The number of benzene rings is 2. The maximum absolute atomic E-state index is 10.1. The molecular formula is C26H30N6O. The third kappa shape index (κ3) is 4.54. The summed E-state index contributed by atoms with van der Waals surface area (Å²) < 4.78 is 2.20. The zero-order chi connectivity index (χ0) is 22.8. The molecule has 5 rings (SSSR count). The Hall–Kier alpha value is -3.45. The number of hydrogen-bond donors (Lipinski definition) is 3. The minimum absolute atomic E-state index is 0.0782. The Morgan fingerprint density at radius 1 is 0.970 bits per heavy atom. The Morgan fingerprint density at radius 2 is 1.70 bits per heavy atom. The maximum Gasteiger partial charge on any atom is 0.225 e. The first-order chi connectivity index (χ1) is 16.1. The van der Waals surface area contributed by atoms with Crippen LogP contribution < -0.4 is 10.6 Å². The molecule has 1 aliphatic carbocycles. The number of aryl methyl sites for hydroxylation is 1. The van der Waals surface area contributed by atoms with Crippen molar-refractivity contribution in [2.75, 3.05) is 10.6 Å². The van der Waals surface area contributed by atoms with Gasteiger partial charge in [0, 0.05) is 11.7 Å². The predicted octanol–water partition coefficient (Wildman–Crippen LogP) is 5.53. The first kappa shape index (κ1) is 21.4. The van der Waals surface area contributed by atoms with E-state index in [4.69, 9.17) is 9.97 Å². The van der Waals surface area contributed by atoms with Crippen molar-refractivity contribution >= 4 is 28.7 Å². The molecule has 4 aromatic rings. The molecular weight excluding hydrogens is 412 g/mol. The van der Waals surface area contributed by atoms with Gasteiger partial charge in [-0.1, -0.05) is 48.5 Å². The van der Waals surface area contributed by atoms with Crippen molar-refractivity contribution in [2.24, 2.45) is 0 Å². The molecule has 0 spiro atoms. The Balaban J connectivity index is 1.52. The first-order valence-corrected chi connectivity index (χ1v) is 11.7. The van der Waals surface area contributed by atoms with Gasteiger partial charge in [0.2, 0.25) is 11.9 Å². The molecule has 1 unspecified atom stereocenters. The van der Waals surface area contributed by atoms with E-state index in [-0.39, 0.29) is 18.2 Å². The van der Waals surface area contributed by atoms with Crippen LogP contribution in [-0.2, 0) is 0 Å². The fraction of sp³-hybridized carbons (Fsp3) is 0.346. The Labute approximate surface area is 193 Å². The summed E-state index contributed by atoms with van der Waals surface area (Å²) in [6.45, 7) is 4.19. The molecule has 33 heavy (non-hydrogen) atoms. The van der Waals surface area contributed by atoms with E-state index in [0.29, 0.717) is 5.95 Å². The molecule has 0 aliphatic heterocycles. The number of imidazole rings is 1. The number of aliphatic hydroxyl groups excluding tert-OH is 1. The molecule has 1 atom stereocenters. The quantitative estimate of drug-likeness (QED) is 0.364. The van der Waals surface area contributed by atoms with Crippen LogP contribution in [-0.4, -0.2) is 30.7 Å². The summed E-state index contributed by atoms with van der Waals surface area (Å²) in [6.07, 6.45) is 4.93. The van der Waals surface area contributed by atoms with E-state index in [1.807, 2.05) is 30.3 Å². The van der Waals surface area contributed by atoms with Gasteiger partial charge < -0.3 is 15.7 Å². The van der Waals surface area contributed by atoms with Gasteiger partial charge in [-0.15, -0.1) is 0 Å². The number of hydrogen-bond acceptors (Lipinski definition) is 6. The Morgan fingerprint density at radius 3 is 2.45 bits per heavy atom. The highest BCUT2D eigenvalue weighted by Gasteiger charge is 2.26. The lowest BCUT2D eigenvalue weighted by molar-refractivity contribution is 0.112. The molecule has 1 saturated carbocycles. The van der Waals surface area contributed by atoms with Crippen molar-refractivity contribution in [2.45, 2.75) is 57.7 Å². The van der Waals surface area contributed by atoms with Crippen molar-refractivity contribution in [1.29, 1.82) is 0 Å². The minimum atomic E-state index is -0.220. The number of aliphatic hydroxyl groups is 1. The fourth-order valence-electron chi connectivity index (χ4n) is 4.56. The van der Waals surface area contributed by atoms with Crippen LogP contribution >= 0.6 is 0 Å². The van der Waals surface area contributed by atoms with Gasteiger partial charge in [0.15, 0.2) is 5.65 Å². The molecule has 170 valence electrons. The predicted molar refractivity (Wildman–Crippen MR) is 132 cm³/mol. The van der Waals surface area contributed by atoms with E-state index in [2.05, 4.69) is 58.3 Å². The van der Waals surface area contributed by atoms with Crippen LogP contribution in [0, 0.1) is 6.92 Å². The molecule has 1 aliphatic rings. The lowest BCUT2D eigenvalue weighted by Crippen LogP contribution is -2.22. The summed E-state index contributed by atoms with van der Waals surface area (Å²) in [4.78, 5) is 14.3. The topological polar surface area (TPSA) is 87.9 Å². The van der Waals surface area contributed by atoms with Gasteiger partial charge in [-0.25, -0.2) is 9.97 Å². The van der Waals surface area contributed by atoms with Gasteiger partial charge in [0.05, 0.1) is 18.3 Å². The second-order valence-corrected chi connectivity index (χ2v) is 8.89. The van der Waals surface area contributed by atoms with E-state index in [9.17, 15) is 5.11 Å². The van der Waals surface area contributed by atoms with Crippen LogP contribution in [0.5, 0.6) is 0 Å². The van der Waals surface area contributed by atoms with Gasteiger partial charge in [0.1, 0.15) is 5.52 Å². The Bertz CT molecular complexity index is 1230. The minimum Gasteiger partial charge on any atom is -0.393 e. The molecule has 0 saturated heterocycles. The van der Waals surface area contributed by atoms with E-state index in [1.165, 1.54) is 5.56 Å². The summed E-state index contributed by atoms with van der Waals surface area (Å²) in [5.74, 6) is 1.35. The molecule has 3 N–H and O–H groups in total. The van der Waals surface area contributed by atoms with Crippen LogP contribution in [0.3, 0.4) is 0 Å². The average Bonchev–Trinajstić information content (AvgIpc) is 3.19. The number of nitrogens with one attached hydrogen (secondary N) is 2. The van der Waals surface area contributed by atoms with Gasteiger partial charge in [-0.3, -0.25) is 4.57 Å². The molecule has 7 heteroatoms. The standard InChI is InChI=1S/C26H30N6O/c1-17-8-6-7-11-22(17)29-26-30-23-16-27-25(28-18(2)19-9-4-3-5-10-19)31-24(23)32(26)20-12-14-21(33)15-13-20/h3-11,16,18,20-21,33H,12-15H2,1-2H3,(H,29,30)(H,27,28,31)/t18?,20-,21-. The largest absolute Gasteiger partial charge is 0.393 e. The highest BCUT2D eigenvalue weighted by Crippen LogP contribution is 2.35. The SMILES string of the molecule is Cc1ccccc1Nc1nc2cnc(NC(C)c3ccccc3)nc2n1[C@H]1CC[C@H](O)CC1. The lowest BCUT2D eigenvalue weighted by atomic mass is 9.93. The van der Waals surface area contributed by atoms with Crippen LogP contribution in [0.1, 0.15) is 55.8 Å². The van der Waals surface area contributed by atoms with Crippen molar-refractivity contribution in [3.63, 3.8) is 0 Å². The van der Waals surface area contributed by atoms with E-state index in [1.54, 1.807) is 6.20 Å². The number of anilines is 3. The maximum atomic E-state index is 10.1. The molecule has 0 amide bonds. The monoisotopic (exact) mass is 442 g/mol. The van der Waals surface area contributed by atoms with Gasteiger partial charge in [0.25, 0.3) is 0 Å². The van der Waals surface area contributed by atoms with E-state index >= 15 is 0 Å². The van der Waals surface area contributed by atoms with Crippen molar-refractivity contribution < 1.29 is 5.11 Å². The van der Waals surface area contributed by atoms with Crippen molar-refractivity contribution in [3.05, 3.63) is 71.9 Å². The van der Waals surface area contributed by atoms with Crippen molar-refractivity contribution in [1.82, 2.24) is 19.5 Å². The first-order valence-electron chi connectivity index (χ1n) is 11.7. The van der Waals surface area contributed by atoms with Gasteiger partial charge in [-0.2, -0.15) is 4.98 Å².